The number of carbonyl (C=O) groups is 1. The van der Waals surface area contributed by atoms with Crippen LogP contribution in [0.1, 0.15) is 28.7 Å². The standard InChI is InChI=1S/C35H36O7/c36-31(37)21-30-32(38-22-26-13-5-1-6-14-26)33(39-23-27-15-7-2-8-16-27)34(40-24-28-17-9-3-10-18-28)35(42-30)41-25-29-19-11-4-12-20-29/h1-20,30,32-35H,21-25H2,(H,36,37)/t30-,32-,33+,34+,35?/m1/s1. The van der Waals surface area contributed by atoms with Gasteiger partial charge in [-0.15, -0.1) is 0 Å². The third kappa shape index (κ3) is 8.58. The van der Waals surface area contributed by atoms with E-state index in [0.717, 1.165) is 22.3 Å². The number of carboxylic acid groups (broad SMARTS) is 1. The molecule has 1 N–H and O–H groups in total. The van der Waals surface area contributed by atoms with Gasteiger partial charge in [0.05, 0.1) is 32.8 Å². The van der Waals surface area contributed by atoms with Gasteiger partial charge in [0.1, 0.15) is 24.4 Å². The second-order valence-electron chi connectivity index (χ2n) is 10.2. The molecule has 0 aromatic heterocycles. The molecule has 0 amide bonds. The molecule has 7 nitrogen and oxygen atoms in total. The van der Waals surface area contributed by atoms with Crippen LogP contribution < -0.4 is 0 Å². The van der Waals surface area contributed by atoms with Crippen LogP contribution in [-0.2, 0) is 54.9 Å². The van der Waals surface area contributed by atoms with Crippen molar-refractivity contribution >= 4 is 5.97 Å². The summed E-state index contributed by atoms with van der Waals surface area (Å²) in [7, 11) is 0. The monoisotopic (exact) mass is 568 g/mol. The number of hydrogen-bond acceptors (Lipinski definition) is 6. The van der Waals surface area contributed by atoms with Crippen molar-refractivity contribution in [3.63, 3.8) is 0 Å². The van der Waals surface area contributed by atoms with Gasteiger partial charge in [-0.25, -0.2) is 0 Å². The van der Waals surface area contributed by atoms with Crippen molar-refractivity contribution < 1.29 is 33.6 Å². The molecule has 1 aliphatic heterocycles. The smallest absolute Gasteiger partial charge is 0.306 e. The number of hydrogen-bond donors (Lipinski definition) is 1. The van der Waals surface area contributed by atoms with Gasteiger partial charge in [0.25, 0.3) is 0 Å². The molecule has 42 heavy (non-hydrogen) atoms. The van der Waals surface area contributed by atoms with Crippen LogP contribution in [0.15, 0.2) is 121 Å². The number of ether oxygens (including phenoxy) is 5. The first-order valence-electron chi connectivity index (χ1n) is 14.1. The molecule has 5 atom stereocenters. The van der Waals surface area contributed by atoms with E-state index in [2.05, 4.69) is 0 Å². The minimum Gasteiger partial charge on any atom is -0.481 e. The van der Waals surface area contributed by atoms with Crippen LogP contribution in [0.3, 0.4) is 0 Å². The van der Waals surface area contributed by atoms with Crippen molar-refractivity contribution in [2.75, 3.05) is 0 Å². The Hall–Kier alpha value is -3.85. The number of carboxylic acids is 1. The third-order valence-corrected chi connectivity index (χ3v) is 7.08. The van der Waals surface area contributed by atoms with E-state index in [1.54, 1.807) is 0 Å². The van der Waals surface area contributed by atoms with E-state index in [4.69, 9.17) is 23.7 Å². The van der Waals surface area contributed by atoms with Crippen LogP contribution in [0.2, 0.25) is 0 Å². The predicted octanol–water partition coefficient (Wildman–Crippen LogP) is 6.16. The van der Waals surface area contributed by atoms with Crippen molar-refractivity contribution in [1.82, 2.24) is 0 Å². The topological polar surface area (TPSA) is 83.5 Å². The molecule has 0 bridgehead atoms. The molecule has 218 valence electrons. The van der Waals surface area contributed by atoms with Gasteiger partial charge in [-0.2, -0.15) is 0 Å². The molecule has 1 aliphatic rings. The zero-order valence-corrected chi connectivity index (χ0v) is 23.4. The molecule has 7 heteroatoms. The average Bonchev–Trinajstić information content (AvgIpc) is 3.03. The fourth-order valence-corrected chi connectivity index (χ4v) is 4.97. The lowest BCUT2D eigenvalue weighted by Crippen LogP contribution is -2.61. The minimum atomic E-state index is -0.999. The van der Waals surface area contributed by atoms with Crippen molar-refractivity contribution in [2.45, 2.75) is 63.6 Å². The van der Waals surface area contributed by atoms with Crippen LogP contribution in [0.5, 0.6) is 0 Å². The molecule has 1 saturated heterocycles. The molecule has 0 aliphatic carbocycles. The van der Waals surface area contributed by atoms with Crippen molar-refractivity contribution in [1.29, 1.82) is 0 Å². The second-order valence-corrected chi connectivity index (χ2v) is 10.2. The first kappa shape index (κ1) is 29.6. The SMILES string of the molecule is O=C(O)C[C@H]1OC(OCc2ccccc2)[C@@H](OCc2ccccc2)[C@@H](OCc2ccccc2)[C@@H]1OCc1ccccc1. The molecular formula is C35H36O7. The summed E-state index contributed by atoms with van der Waals surface area (Å²) in [6.45, 7) is 1.10. The maximum absolute atomic E-state index is 12.0. The highest BCUT2D eigenvalue weighted by molar-refractivity contribution is 5.67. The summed E-state index contributed by atoms with van der Waals surface area (Å²) < 4.78 is 32.2. The van der Waals surface area contributed by atoms with Gasteiger partial charge < -0.3 is 28.8 Å². The summed E-state index contributed by atoms with van der Waals surface area (Å²) in [4.78, 5) is 12.0. The number of rotatable bonds is 14. The van der Waals surface area contributed by atoms with E-state index in [9.17, 15) is 9.90 Å². The molecule has 5 rings (SSSR count). The number of aliphatic carboxylic acids is 1. The van der Waals surface area contributed by atoms with E-state index < -0.39 is 36.7 Å². The Balaban J connectivity index is 1.45. The second kappa shape index (κ2) is 15.4. The molecule has 0 spiro atoms. The van der Waals surface area contributed by atoms with E-state index in [1.165, 1.54) is 0 Å². The molecule has 0 saturated carbocycles. The largest absolute Gasteiger partial charge is 0.481 e. The number of benzene rings is 4. The zero-order chi connectivity index (χ0) is 29.0. The minimum absolute atomic E-state index is 0.261. The third-order valence-electron chi connectivity index (χ3n) is 7.08. The maximum Gasteiger partial charge on any atom is 0.306 e. The average molecular weight is 569 g/mol. The Morgan fingerprint density at radius 1 is 0.524 bits per heavy atom. The van der Waals surface area contributed by atoms with Crippen LogP contribution in [0.25, 0.3) is 0 Å². The van der Waals surface area contributed by atoms with E-state index in [0.29, 0.717) is 6.61 Å². The molecule has 4 aromatic carbocycles. The fourth-order valence-electron chi connectivity index (χ4n) is 4.97. The fraction of sp³-hybridized carbons (Fsp3) is 0.286. The summed E-state index contributed by atoms with van der Waals surface area (Å²) >= 11 is 0. The summed E-state index contributed by atoms with van der Waals surface area (Å²) in [5.74, 6) is -0.999. The lowest BCUT2D eigenvalue weighted by atomic mass is 9.95. The Bertz CT molecular complexity index is 1340. The predicted molar refractivity (Wildman–Crippen MR) is 157 cm³/mol. The van der Waals surface area contributed by atoms with E-state index in [-0.39, 0.29) is 26.2 Å². The molecular weight excluding hydrogens is 532 g/mol. The van der Waals surface area contributed by atoms with Crippen LogP contribution >= 0.6 is 0 Å². The molecule has 1 fully saturated rings. The first-order chi connectivity index (χ1) is 20.7. The van der Waals surface area contributed by atoms with Gasteiger partial charge in [-0.05, 0) is 22.3 Å². The normalized spacial score (nSPS) is 22.0. The quantitative estimate of drug-likeness (QED) is 0.195. The van der Waals surface area contributed by atoms with Gasteiger partial charge in [-0.1, -0.05) is 121 Å². The zero-order valence-electron chi connectivity index (χ0n) is 23.4. The highest BCUT2D eigenvalue weighted by Gasteiger charge is 2.49. The van der Waals surface area contributed by atoms with Gasteiger partial charge in [0, 0.05) is 0 Å². The Morgan fingerprint density at radius 2 is 0.881 bits per heavy atom. The summed E-state index contributed by atoms with van der Waals surface area (Å²) in [6, 6.07) is 39.2. The summed E-state index contributed by atoms with van der Waals surface area (Å²) in [6.07, 6.45) is -4.12. The van der Waals surface area contributed by atoms with Crippen LogP contribution in [0, 0.1) is 0 Å². The van der Waals surface area contributed by atoms with Crippen molar-refractivity contribution in [3.05, 3.63) is 144 Å². The van der Waals surface area contributed by atoms with Gasteiger partial charge >= 0.3 is 5.97 Å². The van der Waals surface area contributed by atoms with Gasteiger partial charge in [0.15, 0.2) is 6.29 Å². The lowest BCUT2D eigenvalue weighted by molar-refractivity contribution is -0.325. The van der Waals surface area contributed by atoms with Crippen molar-refractivity contribution in [3.8, 4) is 0 Å². The molecule has 1 unspecified atom stereocenters. The molecule has 1 heterocycles. The molecule has 4 aromatic rings. The Kier molecular flexibility index (Phi) is 10.9. The van der Waals surface area contributed by atoms with Gasteiger partial charge in [0.2, 0.25) is 0 Å². The van der Waals surface area contributed by atoms with E-state index in [1.807, 2.05) is 121 Å². The van der Waals surface area contributed by atoms with Gasteiger partial charge in [-0.3, -0.25) is 4.79 Å². The van der Waals surface area contributed by atoms with Crippen LogP contribution in [-0.4, -0.2) is 41.8 Å². The lowest BCUT2D eigenvalue weighted by Gasteiger charge is -2.45. The van der Waals surface area contributed by atoms with Crippen molar-refractivity contribution in [2.24, 2.45) is 0 Å². The highest BCUT2D eigenvalue weighted by atomic mass is 16.7. The van der Waals surface area contributed by atoms with E-state index >= 15 is 0 Å². The summed E-state index contributed by atoms with van der Waals surface area (Å²) in [5.41, 5.74) is 3.87. The highest BCUT2D eigenvalue weighted by Crippen LogP contribution is 2.33. The maximum atomic E-state index is 12.0. The Morgan fingerprint density at radius 3 is 1.29 bits per heavy atom. The first-order valence-corrected chi connectivity index (χ1v) is 14.1. The van der Waals surface area contributed by atoms with Crippen LogP contribution in [0.4, 0.5) is 0 Å². The summed E-state index contributed by atoms with van der Waals surface area (Å²) in [5, 5.41) is 9.83. The molecule has 0 radical (unpaired) electrons. The Labute approximate surface area is 246 Å².